The summed E-state index contributed by atoms with van der Waals surface area (Å²) in [5.74, 6) is 0.942. The number of anilines is 2. The van der Waals surface area contributed by atoms with Gasteiger partial charge in [-0.05, 0) is 51.5 Å². The van der Waals surface area contributed by atoms with Crippen molar-refractivity contribution < 1.29 is 23.4 Å². The summed E-state index contributed by atoms with van der Waals surface area (Å²) in [6.07, 6.45) is 0.118. The van der Waals surface area contributed by atoms with Crippen LogP contribution < -0.4 is 14.5 Å². The van der Waals surface area contributed by atoms with Gasteiger partial charge in [-0.1, -0.05) is 12.1 Å². The van der Waals surface area contributed by atoms with Gasteiger partial charge >= 0.3 is 6.09 Å². The molecule has 0 bridgehead atoms. The molecule has 0 unspecified atom stereocenters. The van der Waals surface area contributed by atoms with Crippen LogP contribution in [0.2, 0.25) is 0 Å². The minimum atomic E-state index is -0.618. The van der Waals surface area contributed by atoms with Crippen LogP contribution in [0, 0.1) is 5.82 Å². The van der Waals surface area contributed by atoms with E-state index in [1.54, 1.807) is 17.0 Å². The Hall–Kier alpha value is -2.87. The lowest BCUT2D eigenvalue weighted by Gasteiger charge is -2.37. The molecule has 2 aromatic rings. The fourth-order valence-electron chi connectivity index (χ4n) is 3.90. The summed E-state index contributed by atoms with van der Waals surface area (Å²) in [5, 5.41) is 0. The van der Waals surface area contributed by atoms with Crippen LogP contribution in [0.4, 0.5) is 20.7 Å². The Balaban J connectivity index is 1.76. The SMILES string of the molecule is C[C@H]1COc2nc(N3CCOCC3)c(Cc3ccc(F)cc3)cc2N1C(=O)OC(C)(C)C. The van der Waals surface area contributed by atoms with Crippen LogP contribution in [-0.4, -0.2) is 55.6 Å². The molecule has 1 saturated heterocycles. The first kappa shape index (κ1) is 22.3. The number of hydrogen-bond donors (Lipinski definition) is 0. The highest BCUT2D eigenvalue weighted by Crippen LogP contribution is 2.38. The molecule has 8 heteroatoms. The van der Waals surface area contributed by atoms with Crippen molar-refractivity contribution in [3.63, 3.8) is 0 Å². The zero-order chi connectivity index (χ0) is 22.9. The fourth-order valence-corrected chi connectivity index (χ4v) is 3.90. The number of aromatic nitrogens is 1. The molecule has 0 saturated carbocycles. The highest BCUT2D eigenvalue weighted by atomic mass is 19.1. The topological polar surface area (TPSA) is 64.1 Å². The monoisotopic (exact) mass is 443 g/mol. The average molecular weight is 444 g/mol. The third-order valence-corrected chi connectivity index (χ3v) is 5.39. The van der Waals surface area contributed by atoms with Gasteiger partial charge in [0, 0.05) is 25.1 Å². The molecule has 0 N–H and O–H groups in total. The third-order valence-electron chi connectivity index (χ3n) is 5.39. The molecule has 0 radical (unpaired) electrons. The molecule has 172 valence electrons. The molecule has 2 aliphatic rings. The number of ether oxygens (including phenoxy) is 3. The van der Waals surface area contributed by atoms with Gasteiger partial charge in [0.25, 0.3) is 0 Å². The van der Waals surface area contributed by atoms with Crippen molar-refractivity contribution in [1.29, 1.82) is 0 Å². The van der Waals surface area contributed by atoms with Crippen LogP contribution in [0.3, 0.4) is 0 Å². The molecule has 0 spiro atoms. The van der Waals surface area contributed by atoms with E-state index >= 15 is 0 Å². The van der Waals surface area contributed by atoms with Gasteiger partial charge in [0.2, 0.25) is 5.88 Å². The van der Waals surface area contributed by atoms with E-state index in [2.05, 4.69) is 4.90 Å². The van der Waals surface area contributed by atoms with Gasteiger partial charge in [-0.2, -0.15) is 4.98 Å². The summed E-state index contributed by atoms with van der Waals surface area (Å²) in [6, 6.07) is 8.19. The molecule has 1 fully saturated rings. The first-order chi connectivity index (χ1) is 15.2. The molecular weight excluding hydrogens is 413 g/mol. The Kier molecular flexibility index (Phi) is 6.24. The Morgan fingerprint density at radius 2 is 1.91 bits per heavy atom. The van der Waals surface area contributed by atoms with Crippen LogP contribution in [0.5, 0.6) is 5.88 Å². The summed E-state index contributed by atoms with van der Waals surface area (Å²) in [6.45, 7) is 10.5. The first-order valence-electron chi connectivity index (χ1n) is 11.0. The molecule has 1 aromatic carbocycles. The number of nitrogens with zero attached hydrogens (tertiary/aromatic N) is 3. The predicted octanol–water partition coefficient (Wildman–Crippen LogP) is 4.17. The second kappa shape index (κ2) is 8.94. The van der Waals surface area contributed by atoms with E-state index < -0.39 is 11.7 Å². The van der Waals surface area contributed by atoms with Crippen LogP contribution in [0.1, 0.15) is 38.8 Å². The van der Waals surface area contributed by atoms with Crippen molar-refractivity contribution in [3.05, 3.63) is 47.3 Å². The number of amides is 1. The molecule has 1 atom stereocenters. The second-order valence-corrected chi connectivity index (χ2v) is 9.21. The van der Waals surface area contributed by atoms with Crippen molar-refractivity contribution in [2.45, 2.75) is 45.8 Å². The third kappa shape index (κ3) is 4.96. The number of benzene rings is 1. The summed E-state index contributed by atoms with van der Waals surface area (Å²) >= 11 is 0. The van der Waals surface area contributed by atoms with Gasteiger partial charge in [0.1, 0.15) is 29.5 Å². The van der Waals surface area contributed by atoms with Crippen LogP contribution in [-0.2, 0) is 15.9 Å². The number of rotatable bonds is 3. The van der Waals surface area contributed by atoms with Crippen molar-refractivity contribution in [2.24, 2.45) is 0 Å². The lowest BCUT2D eigenvalue weighted by Crippen LogP contribution is -2.47. The zero-order valence-corrected chi connectivity index (χ0v) is 19.1. The van der Waals surface area contributed by atoms with E-state index in [9.17, 15) is 9.18 Å². The number of hydrogen-bond acceptors (Lipinski definition) is 6. The molecule has 2 aliphatic heterocycles. The quantitative estimate of drug-likeness (QED) is 0.710. The van der Waals surface area contributed by atoms with Crippen molar-refractivity contribution >= 4 is 17.6 Å². The maximum Gasteiger partial charge on any atom is 0.415 e. The largest absolute Gasteiger partial charge is 0.474 e. The molecule has 1 aromatic heterocycles. The van der Waals surface area contributed by atoms with Crippen LogP contribution in [0.15, 0.2) is 30.3 Å². The Bertz CT molecular complexity index is 968. The van der Waals surface area contributed by atoms with E-state index in [0.717, 1.165) is 16.9 Å². The molecule has 3 heterocycles. The normalized spacial score (nSPS) is 18.7. The van der Waals surface area contributed by atoms with Gasteiger partial charge in [0.15, 0.2) is 0 Å². The van der Waals surface area contributed by atoms with Crippen LogP contribution >= 0.6 is 0 Å². The van der Waals surface area contributed by atoms with E-state index in [4.69, 9.17) is 19.2 Å². The fraction of sp³-hybridized carbons (Fsp3) is 0.500. The summed E-state index contributed by atoms with van der Waals surface area (Å²) in [7, 11) is 0. The number of halogens is 1. The number of carbonyl (C=O) groups excluding carboxylic acids is 1. The predicted molar refractivity (Wildman–Crippen MR) is 120 cm³/mol. The number of fused-ring (bicyclic) bond motifs is 1. The van der Waals surface area contributed by atoms with Crippen molar-refractivity contribution in [1.82, 2.24) is 4.98 Å². The summed E-state index contributed by atoms with van der Waals surface area (Å²) in [4.78, 5) is 21.7. The van der Waals surface area contributed by atoms with Gasteiger partial charge in [-0.25, -0.2) is 9.18 Å². The number of pyridine rings is 1. The Morgan fingerprint density at radius 3 is 2.56 bits per heavy atom. The molecule has 0 aliphatic carbocycles. The van der Waals surface area contributed by atoms with E-state index in [1.807, 2.05) is 33.8 Å². The Labute approximate surface area is 188 Å². The highest BCUT2D eigenvalue weighted by molar-refractivity contribution is 5.91. The smallest absolute Gasteiger partial charge is 0.415 e. The van der Waals surface area contributed by atoms with Crippen molar-refractivity contribution in [3.8, 4) is 5.88 Å². The molecular formula is C24H30FN3O4. The number of carbonyl (C=O) groups is 1. The summed E-state index contributed by atoms with van der Waals surface area (Å²) < 4.78 is 30.5. The van der Waals surface area contributed by atoms with Gasteiger partial charge in [-0.15, -0.1) is 0 Å². The second-order valence-electron chi connectivity index (χ2n) is 9.21. The van der Waals surface area contributed by atoms with E-state index in [-0.39, 0.29) is 11.9 Å². The minimum Gasteiger partial charge on any atom is -0.474 e. The maximum atomic E-state index is 13.4. The number of morpholine rings is 1. The van der Waals surface area contributed by atoms with Gasteiger partial charge < -0.3 is 19.1 Å². The van der Waals surface area contributed by atoms with E-state index in [1.165, 1.54) is 12.1 Å². The van der Waals surface area contributed by atoms with Gasteiger partial charge in [-0.3, -0.25) is 4.90 Å². The molecule has 1 amide bonds. The Morgan fingerprint density at radius 1 is 1.22 bits per heavy atom. The van der Waals surface area contributed by atoms with E-state index in [0.29, 0.717) is 50.9 Å². The minimum absolute atomic E-state index is 0.202. The maximum absolute atomic E-state index is 13.4. The summed E-state index contributed by atoms with van der Waals surface area (Å²) in [5.41, 5.74) is 1.86. The lowest BCUT2D eigenvalue weighted by atomic mass is 10.0. The van der Waals surface area contributed by atoms with Crippen molar-refractivity contribution in [2.75, 3.05) is 42.7 Å². The average Bonchev–Trinajstić information content (AvgIpc) is 2.74. The molecule has 4 rings (SSSR count). The van der Waals surface area contributed by atoms with Crippen LogP contribution in [0.25, 0.3) is 0 Å². The zero-order valence-electron chi connectivity index (χ0n) is 19.1. The standard InChI is InChI=1S/C24H30FN3O4/c1-16-15-31-22-20(28(16)23(29)32-24(2,3)4)14-18(13-17-5-7-19(25)8-6-17)21(26-22)27-9-11-30-12-10-27/h5-8,14,16H,9-13,15H2,1-4H3/t16-/m0/s1. The lowest BCUT2D eigenvalue weighted by molar-refractivity contribution is 0.0546. The first-order valence-corrected chi connectivity index (χ1v) is 11.0. The molecule has 32 heavy (non-hydrogen) atoms. The molecule has 7 nitrogen and oxygen atoms in total. The van der Waals surface area contributed by atoms with Gasteiger partial charge in [0.05, 0.1) is 19.3 Å². The highest BCUT2D eigenvalue weighted by Gasteiger charge is 2.35.